The van der Waals surface area contributed by atoms with Crippen molar-refractivity contribution in [3.05, 3.63) is 72.2 Å². The minimum Gasteiger partial charge on any atom is -0.485 e. The van der Waals surface area contributed by atoms with Crippen LogP contribution in [0.2, 0.25) is 0 Å². The number of fused-ring (bicyclic) bond motifs is 1. The Morgan fingerprint density at radius 3 is 2.46 bits per heavy atom. The molecule has 0 spiro atoms. The zero-order valence-electron chi connectivity index (χ0n) is 20.5. The molecule has 0 saturated carbocycles. The van der Waals surface area contributed by atoms with Crippen LogP contribution in [0.15, 0.2) is 60.7 Å². The molecule has 1 aliphatic heterocycles. The third kappa shape index (κ3) is 5.82. The molecular formula is C27H31N3O5. The number of anilines is 1. The topological polar surface area (TPSA) is 91.7 Å². The minimum absolute atomic E-state index is 0.0424. The van der Waals surface area contributed by atoms with Gasteiger partial charge in [0, 0.05) is 18.9 Å². The van der Waals surface area contributed by atoms with Gasteiger partial charge in [-0.3, -0.25) is 4.79 Å². The predicted octanol–water partition coefficient (Wildman–Crippen LogP) is 4.48. The van der Waals surface area contributed by atoms with Gasteiger partial charge in [0.05, 0.1) is 0 Å². The van der Waals surface area contributed by atoms with Crippen molar-refractivity contribution >= 4 is 17.7 Å². The van der Waals surface area contributed by atoms with Gasteiger partial charge < -0.3 is 24.1 Å². The maximum absolute atomic E-state index is 13.3. The molecule has 8 heteroatoms. The summed E-state index contributed by atoms with van der Waals surface area (Å²) in [5.41, 5.74) is -0.503. The molecule has 184 valence electrons. The molecule has 8 nitrogen and oxygen atoms in total. The SMILES string of the molecule is CCc1nc(NC(=O)C2COc3ccccc3O2)c(C(=O)OC(C)(C)C)n1CC1C=CC=CC=C1. The van der Waals surface area contributed by atoms with Gasteiger partial charge >= 0.3 is 5.97 Å². The second-order valence-corrected chi connectivity index (χ2v) is 9.36. The van der Waals surface area contributed by atoms with Gasteiger partial charge in [-0.25, -0.2) is 9.78 Å². The van der Waals surface area contributed by atoms with Crippen LogP contribution in [0.3, 0.4) is 0 Å². The highest BCUT2D eigenvalue weighted by molar-refractivity contribution is 6.01. The van der Waals surface area contributed by atoms with Gasteiger partial charge in [-0.15, -0.1) is 0 Å². The van der Waals surface area contributed by atoms with Crippen molar-refractivity contribution in [2.45, 2.75) is 52.4 Å². The lowest BCUT2D eigenvalue weighted by Gasteiger charge is -2.25. The Hall–Kier alpha value is -3.81. The van der Waals surface area contributed by atoms with Crippen molar-refractivity contribution in [2.24, 2.45) is 5.92 Å². The summed E-state index contributed by atoms with van der Waals surface area (Å²) in [6.07, 6.45) is 11.7. The highest BCUT2D eigenvalue weighted by atomic mass is 16.6. The summed E-state index contributed by atoms with van der Waals surface area (Å²) in [7, 11) is 0. The van der Waals surface area contributed by atoms with Crippen molar-refractivity contribution in [2.75, 3.05) is 11.9 Å². The summed E-state index contributed by atoms with van der Waals surface area (Å²) in [5, 5.41) is 2.80. The maximum atomic E-state index is 13.3. The standard InChI is InChI=1S/C27H31N3O5/c1-5-22-28-24(29-25(31)21-17-33-19-14-10-11-15-20(19)34-21)23(26(32)35-27(2,3)4)30(22)16-18-12-8-6-7-9-13-18/h6-15,18,21H,5,16-17H2,1-4H3,(H,29,31). The Bertz CT molecular complexity index is 1170. The smallest absolute Gasteiger partial charge is 0.359 e. The number of ether oxygens (including phenoxy) is 3. The molecule has 4 rings (SSSR count). The summed E-state index contributed by atoms with van der Waals surface area (Å²) >= 11 is 0. The van der Waals surface area contributed by atoms with Crippen LogP contribution in [0.5, 0.6) is 11.5 Å². The van der Waals surface area contributed by atoms with Gasteiger partial charge in [0.25, 0.3) is 5.91 Å². The quantitative estimate of drug-likeness (QED) is 0.617. The summed E-state index contributed by atoms with van der Waals surface area (Å²) in [4.78, 5) is 31.1. The number of carbonyl (C=O) groups is 2. The van der Waals surface area contributed by atoms with Crippen LogP contribution in [0.4, 0.5) is 5.82 Å². The Morgan fingerprint density at radius 2 is 1.80 bits per heavy atom. The average Bonchev–Trinajstić information content (AvgIpc) is 2.96. The molecule has 1 aromatic carbocycles. The molecule has 1 aliphatic carbocycles. The number of rotatable bonds is 6. The number of nitrogens with one attached hydrogen (secondary N) is 1. The number of aromatic nitrogens is 2. The lowest BCUT2D eigenvalue weighted by molar-refractivity contribution is -0.125. The van der Waals surface area contributed by atoms with Crippen LogP contribution in [0.1, 0.15) is 44.0 Å². The van der Waals surface area contributed by atoms with Crippen LogP contribution >= 0.6 is 0 Å². The molecule has 1 N–H and O–H groups in total. The molecule has 2 aliphatic rings. The number of hydrogen-bond acceptors (Lipinski definition) is 6. The number of benzene rings is 1. The van der Waals surface area contributed by atoms with Gasteiger partial charge in [-0.05, 0) is 32.9 Å². The minimum atomic E-state index is -0.884. The normalized spacial score (nSPS) is 17.2. The van der Waals surface area contributed by atoms with Gasteiger partial charge in [-0.2, -0.15) is 0 Å². The number of aryl methyl sites for hydroxylation is 1. The fourth-order valence-electron chi connectivity index (χ4n) is 3.87. The first-order chi connectivity index (χ1) is 16.7. The number of carbonyl (C=O) groups excluding carboxylic acids is 2. The Balaban J connectivity index is 1.64. The average molecular weight is 478 g/mol. The molecule has 0 bridgehead atoms. The molecule has 1 atom stereocenters. The van der Waals surface area contributed by atoms with Gasteiger partial charge in [0.15, 0.2) is 23.0 Å². The van der Waals surface area contributed by atoms with Crippen molar-refractivity contribution in [1.29, 1.82) is 0 Å². The second-order valence-electron chi connectivity index (χ2n) is 9.36. The Kier molecular flexibility index (Phi) is 7.10. The van der Waals surface area contributed by atoms with E-state index in [0.29, 0.717) is 30.3 Å². The molecule has 35 heavy (non-hydrogen) atoms. The number of imidazole rings is 1. The number of allylic oxidation sites excluding steroid dienone is 6. The molecule has 1 unspecified atom stereocenters. The molecule has 0 radical (unpaired) electrons. The van der Waals surface area contributed by atoms with E-state index in [0.717, 1.165) is 0 Å². The lowest BCUT2D eigenvalue weighted by Crippen LogP contribution is -2.40. The van der Waals surface area contributed by atoms with E-state index in [9.17, 15) is 9.59 Å². The summed E-state index contributed by atoms with van der Waals surface area (Å²) in [6.45, 7) is 7.90. The molecular weight excluding hydrogens is 446 g/mol. The van der Waals surface area contributed by atoms with Crippen LogP contribution in [0.25, 0.3) is 0 Å². The fraction of sp³-hybridized carbons (Fsp3) is 0.370. The van der Waals surface area contributed by atoms with Crippen LogP contribution in [0, 0.1) is 5.92 Å². The number of esters is 1. The second kappa shape index (κ2) is 10.2. The van der Waals surface area contributed by atoms with Crippen molar-refractivity contribution < 1.29 is 23.8 Å². The van der Waals surface area contributed by atoms with Crippen LogP contribution in [-0.4, -0.2) is 39.7 Å². The summed E-state index contributed by atoms with van der Waals surface area (Å²) < 4.78 is 19.0. The molecule has 2 aromatic rings. The van der Waals surface area contributed by atoms with E-state index in [2.05, 4.69) is 22.5 Å². The summed E-state index contributed by atoms with van der Waals surface area (Å²) in [5.74, 6) is 0.950. The van der Waals surface area contributed by atoms with Crippen molar-refractivity contribution in [1.82, 2.24) is 9.55 Å². The van der Waals surface area contributed by atoms with E-state index in [4.69, 9.17) is 14.2 Å². The highest BCUT2D eigenvalue weighted by Gasteiger charge is 2.32. The maximum Gasteiger partial charge on any atom is 0.359 e. The van der Waals surface area contributed by atoms with Gasteiger partial charge in [0.2, 0.25) is 6.10 Å². The Morgan fingerprint density at radius 1 is 1.11 bits per heavy atom. The third-order valence-electron chi connectivity index (χ3n) is 5.44. The predicted molar refractivity (Wildman–Crippen MR) is 133 cm³/mol. The number of hydrogen-bond donors (Lipinski definition) is 1. The van der Waals surface area contributed by atoms with E-state index in [1.165, 1.54) is 0 Å². The zero-order chi connectivity index (χ0) is 25.0. The molecule has 0 fully saturated rings. The Labute approximate surface area is 205 Å². The first-order valence-corrected chi connectivity index (χ1v) is 11.8. The monoisotopic (exact) mass is 477 g/mol. The van der Waals surface area contributed by atoms with Crippen molar-refractivity contribution in [3.63, 3.8) is 0 Å². The van der Waals surface area contributed by atoms with Crippen LogP contribution < -0.4 is 14.8 Å². The fourth-order valence-corrected chi connectivity index (χ4v) is 3.87. The molecule has 0 saturated heterocycles. The highest BCUT2D eigenvalue weighted by Crippen LogP contribution is 2.31. The van der Waals surface area contributed by atoms with E-state index >= 15 is 0 Å². The molecule has 2 heterocycles. The number of amides is 1. The first-order valence-electron chi connectivity index (χ1n) is 11.8. The third-order valence-corrected chi connectivity index (χ3v) is 5.44. The largest absolute Gasteiger partial charge is 0.485 e. The van der Waals surface area contributed by atoms with Gasteiger partial charge in [0.1, 0.15) is 18.0 Å². The zero-order valence-corrected chi connectivity index (χ0v) is 20.5. The lowest BCUT2D eigenvalue weighted by atomic mass is 10.1. The number of nitrogens with zero attached hydrogens (tertiary/aromatic N) is 2. The first kappa shape index (κ1) is 24.3. The van der Waals surface area contributed by atoms with Gasteiger partial charge in [-0.1, -0.05) is 55.5 Å². The summed E-state index contributed by atoms with van der Waals surface area (Å²) in [6, 6.07) is 7.17. The van der Waals surface area contributed by atoms with E-state index in [1.807, 2.05) is 47.9 Å². The number of para-hydroxylation sites is 2. The van der Waals surface area contributed by atoms with E-state index < -0.39 is 23.6 Å². The van der Waals surface area contributed by atoms with E-state index in [1.54, 1.807) is 32.9 Å². The molecule has 1 amide bonds. The molecule has 1 aromatic heterocycles. The van der Waals surface area contributed by atoms with Crippen molar-refractivity contribution in [3.8, 4) is 11.5 Å². The van der Waals surface area contributed by atoms with Crippen LogP contribution in [-0.2, 0) is 22.5 Å². The van der Waals surface area contributed by atoms with E-state index in [-0.39, 0.29) is 24.0 Å².